The Labute approximate surface area is 234 Å². The van der Waals surface area contributed by atoms with Gasteiger partial charge in [-0.25, -0.2) is 0 Å². The van der Waals surface area contributed by atoms with Crippen molar-refractivity contribution in [2.24, 2.45) is 23.5 Å². The van der Waals surface area contributed by atoms with Gasteiger partial charge in [-0.05, 0) is 55.2 Å². The monoisotopic (exact) mass is 560 g/mol. The molecule has 1 rings (SSSR count). The van der Waals surface area contributed by atoms with Crippen LogP contribution < -0.4 is 20.5 Å². The van der Waals surface area contributed by atoms with Gasteiger partial charge in [0.05, 0.1) is 26.9 Å². The molecule has 1 aromatic rings. The summed E-state index contributed by atoms with van der Waals surface area (Å²) in [6.45, 7) is 7.63. The standard InChI is InChI=1S/C28H48N2O7.ClH/c1-19(2)22(16-21-10-11-25(35-5)26(17-21)37-14-8-13-34-4)18-23(29)24(31)15-20(3)28(33)30-12-7-9-27(32)36-6;/h10-11,17,19-20,22-24,31H,7-9,12-16,18,29H2,1-6H3,(H,30,33);1H/t20-,22+,23+,24+;/m1./s1. The highest BCUT2D eigenvalue weighted by molar-refractivity contribution is 5.85. The second kappa shape index (κ2) is 19.9. The summed E-state index contributed by atoms with van der Waals surface area (Å²) >= 11 is 0. The maximum absolute atomic E-state index is 12.4. The van der Waals surface area contributed by atoms with Gasteiger partial charge in [-0.3, -0.25) is 9.59 Å². The smallest absolute Gasteiger partial charge is 0.305 e. The van der Waals surface area contributed by atoms with Gasteiger partial charge in [0.15, 0.2) is 11.5 Å². The van der Waals surface area contributed by atoms with Gasteiger partial charge in [-0.15, -0.1) is 12.4 Å². The fourth-order valence-electron chi connectivity index (χ4n) is 4.11. The minimum atomic E-state index is -0.799. The van der Waals surface area contributed by atoms with Gasteiger partial charge in [0.1, 0.15) is 0 Å². The number of benzene rings is 1. The van der Waals surface area contributed by atoms with E-state index in [1.54, 1.807) is 21.1 Å². The van der Waals surface area contributed by atoms with E-state index < -0.39 is 18.1 Å². The molecule has 9 nitrogen and oxygen atoms in total. The molecule has 0 radical (unpaired) electrons. The topological polar surface area (TPSA) is 129 Å². The molecule has 1 amide bonds. The predicted octanol–water partition coefficient (Wildman–Crippen LogP) is 3.52. The van der Waals surface area contributed by atoms with Crippen LogP contribution in [0, 0.1) is 17.8 Å². The lowest BCUT2D eigenvalue weighted by Crippen LogP contribution is -2.41. The first-order valence-electron chi connectivity index (χ1n) is 13.2. The zero-order valence-corrected chi connectivity index (χ0v) is 24.7. The number of methoxy groups -OCH3 is 3. The number of rotatable bonds is 19. The number of hydrogen-bond donors (Lipinski definition) is 3. The summed E-state index contributed by atoms with van der Waals surface area (Å²) in [7, 11) is 4.63. The molecule has 0 saturated carbocycles. The second-order valence-electron chi connectivity index (χ2n) is 9.96. The molecule has 220 valence electrons. The Hall–Kier alpha value is -2.07. The Bertz CT molecular complexity index is 809. The first kappa shape index (κ1) is 35.9. The number of carbonyl (C=O) groups is 2. The molecule has 0 aliphatic heterocycles. The highest BCUT2D eigenvalue weighted by atomic mass is 35.5. The number of carbonyl (C=O) groups excluding carboxylic acids is 2. The lowest BCUT2D eigenvalue weighted by molar-refractivity contribution is -0.140. The average Bonchev–Trinajstić information content (AvgIpc) is 2.88. The van der Waals surface area contributed by atoms with E-state index in [4.69, 9.17) is 19.9 Å². The number of aliphatic hydroxyl groups excluding tert-OH is 1. The number of nitrogens with two attached hydrogens (primary N) is 1. The Balaban J connectivity index is 0.0000137. The number of ether oxygens (including phenoxy) is 4. The third-order valence-electron chi connectivity index (χ3n) is 6.62. The highest BCUT2D eigenvalue weighted by Gasteiger charge is 2.26. The van der Waals surface area contributed by atoms with E-state index in [2.05, 4.69) is 23.9 Å². The van der Waals surface area contributed by atoms with Crippen LogP contribution >= 0.6 is 12.4 Å². The van der Waals surface area contributed by atoms with Gasteiger partial charge in [-0.2, -0.15) is 0 Å². The average molecular weight is 561 g/mol. The van der Waals surface area contributed by atoms with E-state index in [0.29, 0.717) is 50.0 Å². The van der Waals surface area contributed by atoms with Crippen molar-refractivity contribution in [3.05, 3.63) is 23.8 Å². The SMILES string of the molecule is COCCCOc1cc(C[C@@H](C[C@H](N)[C@@H](O)C[C@@H](C)C(=O)NCCCC(=O)OC)C(C)C)ccc1OC.Cl. The molecule has 0 aliphatic rings. The number of aliphatic hydroxyl groups is 1. The molecule has 0 bridgehead atoms. The van der Waals surface area contributed by atoms with Crippen LogP contribution in [0.5, 0.6) is 11.5 Å². The summed E-state index contributed by atoms with van der Waals surface area (Å²) in [5.41, 5.74) is 7.52. The normalized spacial score (nSPS) is 14.1. The van der Waals surface area contributed by atoms with Gasteiger partial charge >= 0.3 is 5.97 Å². The Morgan fingerprint density at radius 3 is 2.34 bits per heavy atom. The minimum Gasteiger partial charge on any atom is -0.493 e. The van der Waals surface area contributed by atoms with Gasteiger partial charge in [0.25, 0.3) is 0 Å². The van der Waals surface area contributed by atoms with Crippen LogP contribution in [0.2, 0.25) is 0 Å². The second-order valence-corrected chi connectivity index (χ2v) is 9.96. The molecule has 0 fully saturated rings. The molecular formula is C28H49ClN2O7. The molecule has 0 aliphatic carbocycles. The summed E-state index contributed by atoms with van der Waals surface area (Å²) in [5.74, 6) is 1.12. The maximum atomic E-state index is 12.4. The van der Waals surface area contributed by atoms with Crippen molar-refractivity contribution in [2.75, 3.05) is 41.1 Å². The summed E-state index contributed by atoms with van der Waals surface area (Å²) in [4.78, 5) is 23.5. The molecule has 0 heterocycles. The van der Waals surface area contributed by atoms with Crippen LogP contribution in [0.1, 0.15) is 58.4 Å². The number of nitrogens with one attached hydrogen (secondary N) is 1. The zero-order chi connectivity index (χ0) is 27.8. The van der Waals surface area contributed by atoms with Gasteiger partial charge in [-0.1, -0.05) is 26.8 Å². The van der Waals surface area contributed by atoms with Crippen molar-refractivity contribution < 1.29 is 33.6 Å². The van der Waals surface area contributed by atoms with Crippen LogP contribution in [-0.4, -0.2) is 70.2 Å². The van der Waals surface area contributed by atoms with Crippen molar-refractivity contribution >= 4 is 24.3 Å². The molecule has 4 atom stereocenters. The van der Waals surface area contributed by atoms with Crippen molar-refractivity contribution in [1.82, 2.24) is 5.32 Å². The van der Waals surface area contributed by atoms with E-state index in [1.165, 1.54) is 7.11 Å². The van der Waals surface area contributed by atoms with Crippen molar-refractivity contribution in [3.8, 4) is 11.5 Å². The fourth-order valence-corrected chi connectivity index (χ4v) is 4.11. The summed E-state index contributed by atoms with van der Waals surface area (Å²) in [6, 6.07) is 5.50. The number of amides is 1. The Morgan fingerprint density at radius 2 is 1.74 bits per heavy atom. The van der Waals surface area contributed by atoms with Crippen molar-refractivity contribution in [2.45, 2.75) is 71.4 Å². The third kappa shape index (κ3) is 13.6. The van der Waals surface area contributed by atoms with Gasteiger partial charge in [0.2, 0.25) is 5.91 Å². The lowest BCUT2D eigenvalue weighted by Gasteiger charge is -2.28. The number of hydrogen-bond acceptors (Lipinski definition) is 8. The van der Waals surface area contributed by atoms with E-state index in [-0.39, 0.29) is 43.0 Å². The van der Waals surface area contributed by atoms with E-state index in [1.807, 2.05) is 18.2 Å². The predicted molar refractivity (Wildman–Crippen MR) is 151 cm³/mol. The largest absolute Gasteiger partial charge is 0.493 e. The van der Waals surface area contributed by atoms with Crippen LogP contribution in [0.25, 0.3) is 0 Å². The molecule has 1 aromatic carbocycles. The molecule has 0 saturated heterocycles. The Morgan fingerprint density at radius 1 is 1.03 bits per heavy atom. The number of esters is 1. The summed E-state index contributed by atoms with van der Waals surface area (Å²) in [6.07, 6.45) is 2.44. The maximum Gasteiger partial charge on any atom is 0.305 e. The third-order valence-corrected chi connectivity index (χ3v) is 6.62. The van der Waals surface area contributed by atoms with Crippen LogP contribution in [0.4, 0.5) is 0 Å². The molecule has 38 heavy (non-hydrogen) atoms. The zero-order valence-electron chi connectivity index (χ0n) is 23.9. The van der Waals surface area contributed by atoms with Crippen LogP contribution in [-0.2, 0) is 25.5 Å². The minimum absolute atomic E-state index is 0. The fraction of sp³-hybridized carbons (Fsp3) is 0.714. The molecule has 0 aromatic heterocycles. The molecule has 10 heteroatoms. The van der Waals surface area contributed by atoms with Crippen molar-refractivity contribution in [3.63, 3.8) is 0 Å². The number of halogens is 1. The molecule has 0 spiro atoms. The first-order chi connectivity index (χ1) is 17.6. The highest BCUT2D eigenvalue weighted by Crippen LogP contribution is 2.31. The van der Waals surface area contributed by atoms with Crippen molar-refractivity contribution in [1.29, 1.82) is 0 Å². The molecule has 0 unspecified atom stereocenters. The first-order valence-corrected chi connectivity index (χ1v) is 13.2. The lowest BCUT2D eigenvalue weighted by atomic mass is 9.82. The Kier molecular flexibility index (Phi) is 18.8. The molecule has 4 N–H and O–H groups in total. The van der Waals surface area contributed by atoms with Gasteiger partial charge in [0, 0.05) is 45.1 Å². The summed E-state index contributed by atoms with van der Waals surface area (Å²) < 4.78 is 21.0. The molecular weight excluding hydrogens is 512 g/mol. The van der Waals surface area contributed by atoms with E-state index >= 15 is 0 Å². The van der Waals surface area contributed by atoms with E-state index in [0.717, 1.165) is 18.4 Å². The quantitative estimate of drug-likeness (QED) is 0.173. The van der Waals surface area contributed by atoms with Crippen LogP contribution in [0.3, 0.4) is 0 Å². The summed E-state index contributed by atoms with van der Waals surface area (Å²) in [5, 5.41) is 13.6. The van der Waals surface area contributed by atoms with Crippen LogP contribution in [0.15, 0.2) is 18.2 Å². The van der Waals surface area contributed by atoms with E-state index in [9.17, 15) is 14.7 Å². The van der Waals surface area contributed by atoms with Gasteiger partial charge < -0.3 is 35.1 Å².